The highest BCUT2D eigenvalue weighted by atomic mass is 16.3. The Hall–Kier alpha value is -6.12. The summed E-state index contributed by atoms with van der Waals surface area (Å²) in [7, 11) is 0. The molecule has 0 aromatic heterocycles. The van der Waals surface area contributed by atoms with E-state index in [0.717, 1.165) is 21.7 Å². The van der Waals surface area contributed by atoms with Gasteiger partial charge in [0.2, 0.25) is 0 Å². The molecule has 0 bridgehead atoms. The molecule has 10 aromatic carbocycles. The topological polar surface area (TPSA) is 40.5 Å². The maximum Gasteiger partial charge on any atom is 0.165 e. The van der Waals surface area contributed by atoms with Crippen molar-refractivity contribution in [2.45, 2.75) is 0 Å². The van der Waals surface area contributed by atoms with E-state index in [1.54, 1.807) is 6.07 Å². The van der Waals surface area contributed by atoms with Crippen LogP contribution in [0.25, 0.3) is 97.3 Å². The Balaban J connectivity index is 1.19. The Bertz CT molecular complexity index is 2940. The monoisotopic (exact) mass is 586 g/mol. The second-order valence-electron chi connectivity index (χ2n) is 12.6. The van der Waals surface area contributed by atoms with Gasteiger partial charge >= 0.3 is 0 Å². The molecule has 214 valence electrons. The quantitative estimate of drug-likeness (QED) is 0.114. The molecule has 0 fully saturated rings. The van der Waals surface area contributed by atoms with Crippen LogP contribution in [0.5, 0.6) is 11.5 Å². The second kappa shape index (κ2) is 9.20. The van der Waals surface area contributed by atoms with Crippen molar-refractivity contribution in [2.24, 2.45) is 0 Å². The first-order valence-electron chi connectivity index (χ1n) is 15.6. The van der Waals surface area contributed by atoms with E-state index in [4.69, 9.17) is 0 Å². The summed E-state index contributed by atoms with van der Waals surface area (Å²) in [6.45, 7) is 0. The maximum absolute atomic E-state index is 10.7. The van der Waals surface area contributed by atoms with Crippen molar-refractivity contribution in [2.75, 3.05) is 0 Å². The molecular weight excluding hydrogens is 560 g/mol. The number of phenols is 2. The van der Waals surface area contributed by atoms with Crippen molar-refractivity contribution < 1.29 is 10.2 Å². The Labute approximate surface area is 264 Å². The van der Waals surface area contributed by atoms with Crippen molar-refractivity contribution in [1.82, 2.24) is 0 Å². The lowest BCUT2D eigenvalue weighted by Gasteiger charge is -2.13. The minimum atomic E-state index is -0.116. The Morgan fingerprint density at radius 2 is 0.630 bits per heavy atom. The van der Waals surface area contributed by atoms with Gasteiger partial charge < -0.3 is 10.2 Å². The number of benzene rings is 10. The molecule has 0 aliphatic rings. The van der Waals surface area contributed by atoms with Crippen LogP contribution in [-0.2, 0) is 0 Å². The number of phenolic OH excluding ortho intramolecular Hbond substituents is 2. The number of hydrogen-bond acceptors (Lipinski definition) is 2. The molecule has 0 spiro atoms. The summed E-state index contributed by atoms with van der Waals surface area (Å²) >= 11 is 0. The standard InChI is InChI=1S/C44H26O2/c45-43-10-4-9-39(44(43)46)38-8-3-7-27-15-32-19-34-17-29-12-11-28-16-33-18-30-13-25-5-1-2-6-26(25)14-31(30)20-35(33)23-41(28)42(29)24-37(34)21-36(32)22-40(27)38/h1-24,45-46H. The van der Waals surface area contributed by atoms with Crippen molar-refractivity contribution in [1.29, 1.82) is 0 Å². The predicted molar refractivity (Wildman–Crippen MR) is 195 cm³/mol. The molecule has 0 aliphatic carbocycles. The van der Waals surface area contributed by atoms with Crippen LogP contribution in [-0.4, -0.2) is 10.2 Å². The average Bonchev–Trinajstić information content (AvgIpc) is 3.07. The lowest BCUT2D eigenvalue weighted by atomic mass is 9.92. The van der Waals surface area contributed by atoms with Gasteiger partial charge in [-0.1, -0.05) is 66.7 Å². The van der Waals surface area contributed by atoms with Crippen molar-refractivity contribution in [3.05, 3.63) is 146 Å². The fourth-order valence-corrected chi connectivity index (χ4v) is 7.51. The first-order valence-corrected chi connectivity index (χ1v) is 15.6. The largest absolute Gasteiger partial charge is 0.504 e. The normalized spacial score (nSPS) is 12.1. The molecule has 46 heavy (non-hydrogen) atoms. The fourth-order valence-electron chi connectivity index (χ4n) is 7.51. The highest BCUT2D eigenvalue weighted by molar-refractivity contribution is 6.18. The third-order valence-electron chi connectivity index (χ3n) is 9.83. The third kappa shape index (κ3) is 3.71. The molecule has 0 atom stereocenters. The molecule has 0 unspecified atom stereocenters. The van der Waals surface area contributed by atoms with E-state index in [2.05, 4.69) is 115 Å². The van der Waals surface area contributed by atoms with Crippen LogP contribution in [0.1, 0.15) is 0 Å². The van der Waals surface area contributed by atoms with Gasteiger partial charge in [0, 0.05) is 5.56 Å². The van der Waals surface area contributed by atoms with E-state index in [0.29, 0.717) is 5.56 Å². The van der Waals surface area contributed by atoms with Crippen LogP contribution in [0.2, 0.25) is 0 Å². The lowest BCUT2D eigenvalue weighted by molar-refractivity contribution is 0.405. The first-order chi connectivity index (χ1) is 22.6. The Morgan fingerprint density at radius 1 is 0.261 bits per heavy atom. The SMILES string of the molecule is Oc1cccc(-c2cccc3cc4cc5cc6ccc7cc8cc9cc%10ccccc%10cc9cc8cc7c6cc5cc4cc23)c1O. The maximum atomic E-state index is 10.7. The second-order valence-corrected chi connectivity index (χ2v) is 12.6. The van der Waals surface area contributed by atoms with Crippen LogP contribution in [0.15, 0.2) is 146 Å². The summed E-state index contributed by atoms with van der Waals surface area (Å²) in [5.41, 5.74) is 1.51. The van der Waals surface area contributed by atoms with E-state index in [-0.39, 0.29) is 11.5 Å². The van der Waals surface area contributed by atoms with Crippen molar-refractivity contribution in [3.63, 3.8) is 0 Å². The van der Waals surface area contributed by atoms with Gasteiger partial charge in [-0.3, -0.25) is 0 Å². The molecule has 2 nitrogen and oxygen atoms in total. The van der Waals surface area contributed by atoms with Gasteiger partial charge in [0.25, 0.3) is 0 Å². The van der Waals surface area contributed by atoms with Gasteiger partial charge in [-0.05, 0) is 171 Å². The molecule has 0 heterocycles. The van der Waals surface area contributed by atoms with Crippen LogP contribution in [0.4, 0.5) is 0 Å². The smallest absolute Gasteiger partial charge is 0.165 e. The zero-order chi connectivity index (χ0) is 30.5. The van der Waals surface area contributed by atoms with Gasteiger partial charge in [0.05, 0.1) is 0 Å². The number of aromatic hydroxyl groups is 2. The minimum Gasteiger partial charge on any atom is -0.504 e. The molecule has 10 rings (SSSR count). The molecular formula is C44H26O2. The van der Waals surface area contributed by atoms with E-state index in [9.17, 15) is 10.2 Å². The summed E-state index contributed by atoms with van der Waals surface area (Å²) in [6, 6.07) is 51.8. The molecule has 2 heteroatoms. The first kappa shape index (κ1) is 25.2. The summed E-state index contributed by atoms with van der Waals surface area (Å²) in [5, 5.41) is 40.2. The van der Waals surface area contributed by atoms with Crippen LogP contribution < -0.4 is 0 Å². The molecule has 0 aliphatic heterocycles. The van der Waals surface area contributed by atoms with E-state index >= 15 is 0 Å². The summed E-state index contributed by atoms with van der Waals surface area (Å²) in [4.78, 5) is 0. The summed E-state index contributed by atoms with van der Waals surface area (Å²) in [5.74, 6) is -0.212. The van der Waals surface area contributed by atoms with Crippen LogP contribution >= 0.6 is 0 Å². The zero-order valence-corrected chi connectivity index (χ0v) is 24.8. The fraction of sp³-hybridized carbons (Fsp3) is 0. The van der Waals surface area contributed by atoms with E-state index in [1.165, 1.54) is 76.1 Å². The average molecular weight is 587 g/mol. The van der Waals surface area contributed by atoms with Gasteiger partial charge in [-0.25, -0.2) is 0 Å². The third-order valence-corrected chi connectivity index (χ3v) is 9.83. The van der Waals surface area contributed by atoms with Crippen LogP contribution in [0.3, 0.4) is 0 Å². The lowest BCUT2D eigenvalue weighted by Crippen LogP contribution is -1.85. The van der Waals surface area contributed by atoms with E-state index in [1.807, 2.05) is 18.2 Å². The summed E-state index contributed by atoms with van der Waals surface area (Å²) < 4.78 is 0. The molecule has 0 amide bonds. The number of fused-ring (bicyclic) bond motifs is 9. The van der Waals surface area contributed by atoms with E-state index < -0.39 is 0 Å². The van der Waals surface area contributed by atoms with Gasteiger partial charge in [0.15, 0.2) is 11.5 Å². The molecule has 0 saturated carbocycles. The van der Waals surface area contributed by atoms with Crippen LogP contribution in [0, 0.1) is 0 Å². The molecule has 0 radical (unpaired) electrons. The number of hydrogen-bond donors (Lipinski definition) is 2. The predicted octanol–water partition coefficient (Wildman–Crippen LogP) is 12.0. The van der Waals surface area contributed by atoms with Crippen molar-refractivity contribution >= 4 is 86.2 Å². The highest BCUT2D eigenvalue weighted by Crippen LogP contribution is 2.41. The number of rotatable bonds is 1. The Kier molecular flexibility index (Phi) is 5.05. The Morgan fingerprint density at radius 3 is 1.17 bits per heavy atom. The molecule has 10 aromatic rings. The summed E-state index contributed by atoms with van der Waals surface area (Å²) in [6.07, 6.45) is 0. The highest BCUT2D eigenvalue weighted by Gasteiger charge is 2.13. The van der Waals surface area contributed by atoms with Crippen molar-refractivity contribution in [3.8, 4) is 22.6 Å². The number of para-hydroxylation sites is 1. The zero-order valence-electron chi connectivity index (χ0n) is 24.8. The van der Waals surface area contributed by atoms with Gasteiger partial charge in [-0.2, -0.15) is 0 Å². The minimum absolute atomic E-state index is 0.0965. The molecule has 2 N–H and O–H groups in total. The van der Waals surface area contributed by atoms with Gasteiger partial charge in [-0.15, -0.1) is 0 Å². The molecule has 0 saturated heterocycles. The van der Waals surface area contributed by atoms with Gasteiger partial charge in [0.1, 0.15) is 0 Å².